The normalized spacial score (nSPS) is 9.43. The number of rotatable bonds is 2. The summed E-state index contributed by atoms with van der Waals surface area (Å²) in [6, 6.07) is 6.94. The molecular weight excluding hydrogens is 182 g/mol. The highest BCUT2D eigenvalue weighted by Crippen LogP contribution is 2.15. The molecular formula is C8H5N5O. The van der Waals surface area contributed by atoms with Crippen LogP contribution in [0.1, 0.15) is 0 Å². The van der Waals surface area contributed by atoms with Crippen LogP contribution in [-0.4, -0.2) is 26.3 Å². The molecule has 68 valence electrons. The lowest BCUT2D eigenvalue weighted by molar-refractivity contribution is 0.565. The molecule has 0 radical (unpaired) electrons. The number of tetrazole rings is 1. The van der Waals surface area contributed by atoms with E-state index in [0.29, 0.717) is 5.69 Å². The number of aliphatic imine (C=N–C) groups is 1. The molecule has 2 rings (SSSR count). The van der Waals surface area contributed by atoms with Crippen molar-refractivity contribution in [1.82, 2.24) is 20.2 Å². The molecule has 0 aliphatic carbocycles. The number of aromatic nitrogens is 4. The molecule has 1 aromatic carbocycles. The van der Waals surface area contributed by atoms with Gasteiger partial charge in [-0.25, -0.2) is 9.48 Å². The first-order valence-corrected chi connectivity index (χ1v) is 3.81. The molecule has 0 saturated heterocycles. The van der Waals surface area contributed by atoms with Crippen LogP contribution in [-0.2, 0) is 4.79 Å². The van der Waals surface area contributed by atoms with Gasteiger partial charge in [-0.2, -0.15) is 4.99 Å². The highest BCUT2D eigenvalue weighted by Gasteiger charge is 1.97. The zero-order valence-electron chi connectivity index (χ0n) is 7.03. The Morgan fingerprint density at radius 3 is 3.07 bits per heavy atom. The second-order valence-electron chi connectivity index (χ2n) is 2.48. The van der Waals surface area contributed by atoms with Crippen LogP contribution in [0.3, 0.4) is 0 Å². The maximum Gasteiger partial charge on any atom is 0.240 e. The highest BCUT2D eigenvalue weighted by atomic mass is 16.1. The largest absolute Gasteiger partial charge is 0.240 e. The van der Waals surface area contributed by atoms with Crippen LogP contribution in [0.25, 0.3) is 5.69 Å². The van der Waals surface area contributed by atoms with Gasteiger partial charge < -0.3 is 0 Å². The molecule has 0 aliphatic heterocycles. The van der Waals surface area contributed by atoms with Crippen molar-refractivity contribution < 1.29 is 4.79 Å². The third kappa shape index (κ3) is 1.55. The average Bonchev–Trinajstić information content (AvgIpc) is 2.71. The lowest BCUT2D eigenvalue weighted by atomic mass is 10.3. The Morgan fingerprint density at radius 1 is 1.43 bits per heavy atom. The number of isocyanates is 1. The van der Waals surface area contributed by atoms with E-state index < -0.39 is 0 Å². The zero-order valence-corrected chi connectivity index (χ0v) is 7.03. The molecule has 0 aliphatic rings. The van der Waals surface area contributed by atoms with Gasteiger partial charge in [0, 0.05) is 0 Å². The van der Waals surface area contributed by atoms with Gasteiger partial charge in [-0.05, 0) is 28.6 Å². The molecule has 0 amide bonds. The fraction of sp³-hybridized carbons (Fsp3) is 0. The van der Waals surface area contributed by atoms with E-state index in [1.54, 1.807) is 24.3 Å². The predicted octanol–water partition coefficient (Wildman–Crippen LogP) is 0.630. The van der Waals surface area contributed by atoms with Crippen molar-refractivity contribution >= 4 is 11.8 Å². The zero-order chi connectivity index (χ0) is 9.80. The van der Waals surface area contributed by atoms with Gasteiger partial charge in [-0.15, -0.1) is 5.10 Å². The van der Waals surface area contributed by atoms with Crippen LogP contribution in [0, 0.1) is 0 Å². The summed E-state index contributed by atoms with van der Waals surface area (Å²) in [6.07, 6.45) is 2.93. The molecule has 0 saturated carbocycles. The van der Waals surface area contributed by atoms with Gasteiger partial charge in [0.05, 0.1) is 11.4 Å². The molecule has 0 atom stereocenters. The number of benzene rings is 1. The van der Waals surface area contributed by atoms with E-state index in [4.69, 9.17) is 0 Å². The van der Waals surface area contributed by atoms with Gasteiger partial charge in [-0.1, -0.05) is 6.07 Å². The minimum atomic E-state index is 0.521. The van der Waals surface area contributed by atoms with Crippen LogP contribution < -0.4 is 0 Å². The Balaban J connectivity index is 2.45. The van der Waals surface area contributed by atoms with Crippen LogP contribution >= 0.6 is 0 Å². The summed E-state index contributed by atoms with van der Waals surface area (Å²) in [7, 11) is 0. The Morgan fingerprint density at radius 2 is 2.36 bits per heavy atom. The molecule has 0 unspecified atom stereocenters. The van der Waals surface area contributed by atoms with Crippen molar-refractivity contribution in [2.45, 2.75) is 0 Å². The summed E-state index contributed by atoms with van der Waals surface area (Å²) in [4.78, 5) is 13.5. The van der Waals surface area contributed by atoms with E-state index in [2.05, 4.69) is 20.5 Å². The predicted molar refractivity (Wildman–Crippen MR) is 46.9 cm³/mol. The SMILES string of the molecule is O=C=Nc1cccc(-n2cnnn2)c1. The summed E-state index contributed by atoms with van der Waals surface area (Å²) in [5.41, 5.74) is 1.26. The topological polar surface area (TPSA) is 73.0 Å². The minimum Gasteiger partial charge on any atom is -0.211 e. The van der Waals surface area contributed by atoms with E-state index in [1.165, 1.54) is 17.1 Å². The smallest absolute Gasteiger partial charge is 0.211 e. The fourth-order valence-electron chi connectivity index (χ4n) is 1.04. The quantitative estimate of drug-likeness (QED) is 0.510. The van der Waals surface area contributed by atoms with Crippen molar-refractivity contribution in [3.05, 3.63) is 30.6 Å². The van der Waals surface area contributed by atoms with Gasteiger partial charge in [-0.3, -0.25) is 0 Å². The van der Waals surface area contributed by atoms with Gasteiger partial charge in [0.25, 0.3) is 0 Å². The van der Waals surface area contributed by atoms with E-state index in [9.17, 15) is 4.79 Å². The molecule has 2 aromatic rings. The van der Waals surface area contributed by atoms with Crippen LogP contribution in [0.5, 0.6) is 0 Å². The third-order valence-corrected chi connectivity index (χ3v) is 1.62. The molecule has 0 spiro atoms. The first-order chi connectivity index (χ1) is 6.90. The first-order valence-electron chi connectivity index (χ1n) is 3.81. The molecule has 0 bridgehead atoms. The maximum atomic E-state index is 10.0. The van der Waals surface area contributed by atoms with Gasteiger partial charge in [0.2, 0.25) is 6.08 Å². The van der Waals surface area contributed by atoms with Crippen molar-refractivity contribution in [3.63, 3.8) is 0 Å². The van der Waals surface area contributed by atoms with Gasteiger partial charge >= 0.3 is 0 Å². The van der Waals surface area contributed by atoms with E-state index in [1.807, 2.05) is 0 Å². The lowest BCUT2D eigenvalue weighted by Gasteiger charge is -1.98. The first kappa shape index (κ1) is 8.28. The highest BCUT2D eigenvalue weighted by molar-refractivity contribution is 5.52. The molecule has 0 N–H and O–H groups in total. The summed E-state index contributed by atoms with van der Waals surface area (Å²) in [6.45, 7) is 0. The number of hydrogen-bond acceptors (Lipinski definition) is 5. The Bertz CT molecular complexity index is 472. The second kappa shape index (κ2) is 3.59. The van der Waals surface area contributed by atoms with Crippen molar-refractivity contribution in [1.29, 1.82) is 0 Å². The monoisotopic (exact) mass is 187 g/mol. The number of nitrogens with zero attached hydrogens (tertiary/aromatic N) is 5. The molecule has 6 heteroatoms. The van der Waals surface area contributed by atoms with Crippen molar-refractivity contribution in [2.75, 3.05) is 0 Å². The van der Waals surface area contributed by atoms with E-state index in [-0.39, 0.29) is 0 Å². The van der Waals surface area contributed by atoms with Gasteiger partial charge in [0.15, 0.2) is 0 Å². The van der Waals surface area contributed by atoms with Crippen molar-refractivity contribution in [2.24, 2.45) is 4.99 Å². The third-order valence-electron chi connectivity index (χ3n) is 1.62. The molecule has 0 fully saturated rings. The Hall–Kier alpha value is -2.33. The number of hydrogen-bond donors (Lipinski definition) is 0. The van der Waals surface area contributed by atoms with Crippen LogP contribution in [0.15, 0.2) is 35.6 Å². The summed E-state index contributed by atoms with van der Waals surface area (Å²) < 4.78 is 1.48. The average molecular weight is 187 g/mol. The minimum absolute atomic E-state index is 0.521. The Labute approximate surface area is 78.9 Å². The fourth-order valence-corrected chi connectivity index (χ4v) is 1.04. The van der Waals surface area contributed by atoms with Crippen LogP contribution in [0.4, 0.5) is 5.69 Å². The second-order valence-corrected chi connectivity index (χ2v) is 2.48. The van der Waals surface area contributed by atoms with E-state index >= 15 is 0 Å². The summed E-state index contributed by atoms with van der Waals surface area (Å²) in [5, 5.41) is 10.7. The van der Waals surface area contributed by atoms with Crippen LogP contribution in [0.2, 0.25) is 0 Å². The standard InChI is InChI=1S/C8H5N5O/c14-6-9-7-2-1-3-8(4-7)13-5-10-11-12-13/h1-5H. The van der Waals surface area contributed by atoms with Crippen molar-refractivity contribution in [3.8, 4) is 5.69 Å². The lowest BCUT2D eigenvalue weighted by Crippen LogP contribution is -1.93. The maximum absolute atomic E-state index is 10.0. The molecule has 6 nitrogen and oxygen atoms in total. The summed E-state index contributed by atoms with van der Waals surface area (Å²) >= 11 is 0. The molecule has 14 heavy (non-hydrogen) atoms. The van der Waals surface area contributed by atoms with Gasteiger partial charge in [0.1, 0.15) is 6.33 Å². The number of carbonyl (C=O) groups excluding carboxylic acids is 1. The van der Waals surface area contributed by atoms with E-state index in [0.717, 1.165) is 5.69 Å². The molecule has 1 heterocycles. The Kier molecular flexibility index (Phi) is 2.12. The summed E-state index contributed by atoms with van der Waals surface area (Å²) in [5.74, 6) is 0. The molecule has 1 aromatic heterocycles.